The SMILES string of the molecule is Cc1cc(C)cc(NC(=O)NCCCc2ccc(-c3ncn(-c4ccc(OC(F)(F)F)cc4)n3)cc2)c1. The summed E-state index contributed by atoms with van der Waals surface area (Å²) in [6.45, 7) is 4.51. The first-order valence-corrected chi connectivity index (χ1v) is 11.6. The van der Waals surface area contributed by atoms with Crippen LogP contribution in [0.1, 0.15) is 23.1 Å². The Morgan fingerprint density at radius 3 is 2.30 bits per heavy atom. The van der Waals surface area contributed by atoms with Crippen LogP contribution in [0.4, 0.5) is 23.7 Å². The topological polar surface area (TPSA) is 81.1 Å². The predicted molar refractivity (Wildman–Crippen MR) is 135 cm³/mol. The average Bonchev–Trinajstić information content (AvgIpc) is 3.31. The number of urea groups is 1. The molecule has 7 nitrogen and oxygen atoms in total. The number of hydrogen-bond acceptors (Lipinski definition) is 4. The number of hydrogen-bond donors (Lipinski definition) is 2. The number of nitrogens with one attached hydrogen (secondary N) is 2. The van der Waals surface area contributed by atoms with Crippen molar-refractivity contribution in [2.45, 2.75) is 33.1 Å². The second-order valence-electron chi connectivity index (χ2n) is 8.61. The summed E-state index contributed by atoms with van der Waals surface area (Å²) in [7, 11) is 0. The lowest BCUT2D eigenvalue weighted by atomic mass is 10.1. The van der Waals surface area contributed by atoms with Crippen molar-refractivity contribution in [3.05, 3.63) is 89.7 Å². The highest BCUT2D eigenvalue weighted by Crippen LogP contribution is 2.24. The minimum atomic E-state index is -4.74. The molecule has 0 aliphatic heterocycles. The van der Waals surface area contributed by atoms with Crippen LogP contribution in [-0.4, -0.2) is 33.7 Å². The summed E-state index contributed by atoms with van der Waals surface area (Å²) in [6, 6.07) is 18.8. The maximum Gasteiger partial charge on any atom is 0.573 e. The summed E-state index contributed by atoms with van der Waals surface area (Å²) >= 11 is 0. The summed E-state index contributed by atoms with van der Waals surface area (Å²) in [4.78, 5) is 16.4. The number of ether oxygens (including phenoxy) is 1. The molecule has 1 aromatic heterocycles. The van der Waals surface area contributed by atoms with E-state index in [0.717, 1.165) is 40.8 Å². The third-order valence-electron chi connectivity index (χ3n) is 5.45. The zero-order valence-electron chi connectivity index (χ0n) is 20.3. The molecule has 1 heterocycles. The van der Waals surface area contributed by atoms with Crippen LogP contribution in [0.25, 0.3) is 17.1 Å². The molecule has 0 radical (unpaired) electrons. The van der Waals surface area contributed by atoms with E-state index in [1.807, 2.05) is 50.2 Å². The summed E-state index contributed by atoms with van der Waals surface area (Å²) in [5, 5.41) is 10.1. The number of anilines is 1. The molecule has 0 aliphatic carbocycles. The molecule has 2 amide bonds. The molecule has 0 unspecified atom stereocenters. The van der Waals surface area contributed by atoms with Crippen LogP contribution in [0.15, 0.2) is 73.1 Å². The van der Waals surface area contributed by atoms with Crippen LogP contribution >= 0.6 is 0 Å². The smallest absolute Gasteiger partial charge is 0.406 e. The van der Waals surface area contributed by atoms with Crippen molar-refractivity contribution in [3.63, 3.8) is 0 Å². The van der Waals surface area contributed by atoms with Gasteiger partial charge in [0, 0.05) is 17.8 Å². The number of carbonyl (C=O) groups excluding carboxylic acids is 1. The molecule has 0 fully saturated rings. The standard InChI is InChI=1S/C27H26F3N5O2/c1-18-14-19(2)16-22(15-18)33-26(36)31-13-3-4-20-5-7-21(8-6-20)25-32-17-35(34-25)23-9-11-24(12-10-23)37-27(28,29)30/h5-12,14-17H,3-4,13H2,1-2H3,(H2,31,33,36). The van der Waals surface area contributed by atoms with E-state index in [1.165, 1.54) is 35.3 Å². The van der Waals surface area contributed by atoms with Gasteiger partial charge in [-0.05, 0) is 79.8 Å². The van der Waals surface area contributed by atoms with Crippen molar-refractivity contribution in [3.8, 4) is 22.8 Å². The number of rotatable bonds is 8. The van der Waals surface area contributed by atoms with Gasteiger partial charge in [-0.25, -0.2) is 14.5 Å². The maximum absolute atomic E-state index is 12.3. The van der Waals surface area contributed by atoms with Gasteiger partial charge in [0.2, 0.25) is 0 Å². The second-order valence-corrected chi connectivity index (χ2v) is 8.61. The predicted octanol–water partition coefficient (Wildman–Crippen LogP) is 6.20. The molecule has 37 heavy (non-hydrogen) atoms. The molecule has 4 aromatic rings. The van der Waals surface area contributed by atoms with Gasteiger partial charge in [-0.3, -0.25) is 0 Å². The number of aromatic nitrogens is 3. The van der Waals surface area contributed by atoms with E-state index >= 15 is 0 Å². The third kappa shape index (κ3) is 7.57. The molecular formula is C27H26F3N5O2. The van der Waals surface area contributed by atoms with Gasteiger partial charge in [0.25, 0.3) is 0 Å². The minimum Gasteiger partial charge on any atom is -0.406 e. The van der Waals surface area contributed by atoms with Crippen molar-refractivity contribution >= 4 is 11.7 Å². The average molecular weight is 510 g/mol. The third-order valence-corrected chi connectivity index (χ3v) is 5.45. The Morgan fingerprint density at radius 2 is 1.65 bits per heavy atom. The van der Waals surface area contributed by atoms with Crippen LogP contribution in [-0.2, 0) is 6.42 Å². The van der Waals surface area contributed by atoms with Crippen molar-refractivity contribution in [2.24, 2.45) is 0 Å². The molecule has 4 rings (SSSR count). The van der Waals surface area contributed by atoms with Gasteiger partial charge in [0.15, 0.2) is 5.82 Å². The van der Waals surface area contributed by atoms with Crippen LogP contribution in [0.3, 0.4) is 0 Å². The van der Waals surface area contributed by atoms with E-state index in [-0.39, 0.29) is 11.8 Å². The molecule has 0 spiro atoms. The lowest BCUT2D eigenvalue weighted by Gasteiger charge is -2.09. The monoisotopic (exact) mass is 509 g/mol. The molecule has 192 valence electrons. The Hall–Kier alpha value is -4.34. The highest BCUT2D eigenvalue weighted by Gasteiger charge is 2.31. The van der Waals surface area contributed by atoms with Crippen molar-refractivity contribution < 1.29 is 22.7 Å². The minimum absolute atomic E-state index is 0.232. The second kappa shape index (κ2) is 11.2. The molecule has 0 saturated carbocycles. The summed E-state index contributed by atoms with van der Waals surface area (Å²) in [5.74, 6) is 0.191. The molecule has 0 atom stereocenters. The molecule has 10 heteroatoms. The first kappa shape index (κ1) is 25.7. The highest BCUT2D eigenvalue weighted by atomic mass is 19.4. The number of nitrogens with zero attached hydrogens (tertiary/aromatic N) is 3. The fraction of sp³-hybridized carbons (Fsp3) is 0.222. The molecule has 3 aromatic carbocycles. The Bertz CT molecular complexity index is 1330. The Labute approximate surface area is 212 Å². The van der Waals surface area contributed by atoms with Gasteiger partial charge >= 0.3 is 12.4 Å². The van der Waals surface area contributed by atoms with Crippen molar-refractivity contribution in [1.82, 2.24) is 20.1 Å². The Kier molecular flexibility index (Phi) is 7.76. The Balaban J connectivity index is 1.26. The van der Waals surface area contributed by atoms with Crippen molar-refractivity contribution in [2.75, 3.05) is 11.9 Å². The maximum atomic E-state index is 12.3. The van der Waals surface area contributed by atoms with Gasteiger partial charge < -0.3 is 15.4 Å². The van der Waals surface area contributed by atoms with Gasteiger partial charge in [-0.2, -0.15) is 0 Å². The molecule has 0 bridgehead atoms. The van der Waals surface area contributed by atoms with Gasteiger partial charge in [0.1, 0.15) is 12.1 Å². The summed E-state index contributed by atoms with van der Waals surface area (Å²) in [5.41, 5.74) is 5.43. The normalized spacial score (nSPS) is 11.3. The van der Waals surface area contributed by atoms with Crippen LogP contribution < -0.4 is 15.4 Å². The Morgan fingerprint density at radius 1 is 0.973 bits per heavy atom. The van der Waals surface area contributed by atoms with Crippen LogP contribution in [0.2, 0.25) is 0 Å². The van der Waals surface area contributed by atoms with E-state index in [0.29, 0.717) is 18.1 Å². The number of carbonyl (C=O) groups is 1. The number of alkyl halides is 3. The van der Waals surface area contributed by atoms with E-state index in [4.69, 9.17) is 0 Å². The number of amides is 2. The fourth-order valence-electron chi connectivity index (χ4n) is 3.86. The van der Waals surface area contributed by atoms with Gasteiger partial charge in [-0.1, -0.05) is 30.3 Å². The summed E-state index contributed by atoms with van der Waals surface area (Å²) in [6.07, 6.45) is -1.67. The number of halogens is 3. The van der Waals surface area contributed by atoms with E-state index in [2.05, 4.69) is 31.5 Å². The van der Waals surface area contributed by atoms with Gasteiger partial charge in [-0.15, -0.1) is 18.3 Å². The zero-order valence-corrected chi connectivity index (χ0v) is 20.3. The van der Waals surface area contributed by atoms with E-state index in [9.17, 15) is 18.0 Å². The molecular weight excluding hydrogens is 483 g/mol. The molecule has 0 aliphatic rings. The van der Waals surface area contributed by atoms with Crippen molar-refractivity contribution in [1.29, 1.82) is 0 Å². The quantitative estimate of drug-likeness (QED) is 0.277. The highest BCUT2D eigenvalue weighted by molar-refractivity contribution is 5.89. The molecule has 0 saturated heterocycles. The van der Waals surface area contributed by atoms with E-state index in [1.54, 1.807) is 0 Å². The zero-order chi connectivity index (χ0) is 26.4. The van der Waals surface area contributed by atoms with E-state index < -0.39 is 6.36 Å². The largest absolute Gasteiger partial charge is 0.573 e. The first-order valence-electron chi connectivity index (χ1n) is 11.6. The van der Waals surface area contributed by atoms with Crippen LogP contribution in [0, 0.1) is 13.8 Å². The van der Waals surface area contributed by atoms with Crippen LogP contribution in [0.5, 0.6) is 5.75 Å². The molecule has 2 N–H and O–H groups in total. The summed E-state index contributed by atoms with van der Waals surface area (Å²) < 4.78 is 42.4. The first-order chi connectivity index (χ1) is 17.6. The number of benzene rings is 3. The lowest BCUT2D eigenvalue weighted by Crippen LogP contribution is -2.29. The number of aryl methyl sites for hydroxylation is 3. The fourth-order valence-corrected chi connectivity index (χ4v) is 3.86. The lowest BCUT2D eigenvalue weighted by molar-refractivity contribution is -0.274. The van der Waals surface area contributed by atoms with Gasteiger partial charge in [0.05, 0.1) is 5.69 Å².